The zero-order valence-corrected chi connectivity index (χ0v) is 36.9. The first-order chi connectivity index (χ1) is 30.8. The highest BCUT2D eigenvalue weighted by atomic mass is 79.9. The number of carbonyl (C=O) groups is 2. The molecule has 0 N–H and O–H groups in total. The third-order valence-corrected chi connectivity index (χ3v) is 11.7. The summed E-state index contributed by atoms with van der Waals surface area (Å²) >= 11 is 3.76. The van der Waals surface area contributed by atoms with Crippen molar-refractivity contribution in [3.63, 3.8) is 0 Å². The average Bonchev–Trinajstić information content (AvgIpc) is 3.31. The molecule has 0 atom stereocenters. The molecule has 9 rings (SSSR count). The van der Waals surface area contributed by atoms with Gasteiger partial charge in [0.2, 0.25) is 0 Å². The van der Waals surface area contributed by atoms with Gasteiger partial charge in [0.05, 0.1) is 0 Å². The maximum absolute atomic E-state index is 11.3. The van der Waals surface area contributed by atoms with E-state index in [4.69, 9.17) is 18.9 Å². The van der Waals surface area contributed by atoms with Crippen LogP contribution in [-0.2, 0) is 35.6 Å². The van der Waals surface area contributed by atoms with Gasteiger partial charge in [-0.05, 0) is 141 Å². The zero-order valence-electron chi connectivity index (χ0n) is 35.3. The molecule has 0 saturated heterocycles. The molecule has 0 aliphatic heterocycles. The first-order valence-electron chi connectivity index (χ1n) is 21.1. The van der Waals surface area contributed by atoms with Crippen molar-refractivity contribution in [2.24, 2.45) is 0 Å². The van der Waals surface area contributed by atoms with E-state index in [1.165, 1.54) is 62.9 Å². The van der Waals surface area contributed by atoms with E-state index in [2.05, 4.69) is 94.8 Å². The van der Waals surface area contributed by atoms with Crippen molar-refractivity contribution < 1.29 is 28.5 Å². The molecule has 7 aromatic rings. The number of rotatable bonds is 11. The number of halogens is 1. The minimum atomic E-state index is -0.317. The van der Waals surface area contributed by atoms with Crippen LogP contribution in [0.1, 0.15) is 76.8 Å². The molecule has 0 bridgehead atoms. The third kappa shape index (κ3) is 10.9. The first-order valence-corrected chi connectivity index (χ1v) is 21.9. The van der Waals surface area contributed by atoms with Gasteiger partial charge in [0.1, 0.15) is 36.2 Å². The summed E-state index contributed by atoms with van der Waals surface area (Å²) in [4.78, 5) is 22.5. The molecule has 6 nitrogen and oxygen atoms in total. The van der Waals surface area contributed by atoms with E-state index in [-0.39, 0.29) is 11.9 Å². The topological polar surface area (TPSA) is 71.1 Å². The van der Waals surface area contributed by atoms with Crippen molar-refractivity contribution in [2.75, 3.05) is 0 Å². The molecule has 0 fully saturated rings. The summed E-state index contributed by atoms with van der Waals surface area (Å²) in [6.07, 6.45) is 3.81. The number of hydrogen-bond donors (Lipinski definition) is 0. The molecule has 2 aliphatic rings. The monoisotopic (exact) mass is 894 g/mol. The van der Waals surface area contributed by atoms with Crippen molar-refractivity contribution in [2.45, 2.75) is 52.7 Å². The van der Waals surface area contributed by atoms with E-state index in [0.717, 1.165) is 59.4 Å². The Hall–Kier alpha value is -6.96. The van der Waals surface area contributed by atoms with Crippen LogP contribution in [0.2, 0.25) is 0 Å². The van der Waals surface area contributed by atoms with Gasteiger partial charge in [-0.3, -0.25) is 9.59 Å². The summed E-state index contributed by atoms with van der Waals surface area (Å²) < 4.78 is 23.7. The van der Waals surface area contributed by atoms with Gasteiger partial charge in [-0.2, -0.15) is 0 Å². The lowest BCUT2D eigenvalue weighted by Crippen LogP contribution is -2.07. The number of ether oxygens (including phenoxy) is 4. The van der Waals surface area contributed by atoms with Gasteiger partial charge in [-0.15, -0.1) is 0 Å². The van der Waals surface area contributed by atoms with Crippen LogP contribution in [-0.4, -0.2) is 11.9 Å². The second kappa shape index (κ2) is 20.3. The fourth-order valence-corrected chi connectivity index (χ4v) is 8.69. The highest BCUT2D eigenvalue weighted by molar-refractivity contribution is 9.11. The predicted octanol–water partition coefficient (Wildman–Crippen LogP) is 13.4. The van der Waals surface area contributed by atoms with Crippen LogP contribution < -0.4 is 18.9 Å². The molecule has 0 heterocycles. The number of benzene rings is 7. The number of esters is 2. The van der Waals surface area contributed by atoms with Gasteiger partial charge < -0.3 is 18.9 Å². The zero-order chi connectivity index (χ0) is 43.5. The molecule has 7 heteroatoms. The van der Waals surface area contributed by atoms with E-state index >= 15 is 0 Å². The molecule has 7 aromatic carbocycles. The van der Waals surface area contributed by atoms with E-state index in [0.29, 0.717) is 24.7 Å². The highest BCUT2D eigenvalue weighted by Gasteiger charge is 2.23. The van der Waals surface area contributed by atoms with Crippen molar-refractivity contribution in [3.05, 3.63) is 230 Å². The number of carbonyl (C=O) groups excluding carboxylic acids is 2. The summed E-state index contributed by atoms with van der Waals surface area (Å²) in [5, 5.41) is 0. The van der Waals surface area contributed by atoms with Crippen LogP contribution in [0, 0.1) is 0 Å². The number of hydrogen-bond acceptors (Lipinski definition) is 6. The molecule has 314 valence electrons. The van der Waals surface area contributed by atoms with Crippen LogP contribution in [0.15, 0.2) is 180 Å². The second-order valence-corrected chi connectivity index (χ2v) is 16.4. The standard InChI is InChI=1S/C31H26O3.C25H21BrO3/c1-22(32)34-27-15-12-25(13-16-27)31-29(24-10-6-3-7-11-24)18-14-26-20-28(17-19-30(26)31)33-21-23-8-4-2-5-9-23;1-17(27)29-21-10-7-19(8-11-21)25-23-13-12-22(15-20(23)9-14-24(25)26)28-16-18-5-3-2-4-6-18/h2-13,15-17,19-20H,14,18,21H2,1H3;2-8,10-13,15H,9,14,16H2,1H3. The Morgan fingerprint density at radius 1 is 0.444 bits per heavy atom. The Morgan fingerprint density at radius 2 is 0.857 bits per heavy atom. The average molecular weight is 896 g/mol. The van der Waals surface area contributed by atoms with Crippen LogP contribution >= 0.6 is 15.9 Å². The fraction of sp³-hybridized carbons (Fsp3) is 0.143. The molecule has 0 unspecified atom stereocenters. The van der Waals surface area contributed by atoms with Crippen molar-refractivity contribution in [1.82, 2.24) is 0 Å². The minimum Gasteiger partial charge on any atom is -0.489 e. The van der Waals surface area contributed by atoms with E-state index in [9.17, 15) is 9.59 Å². The minimum absolute atomic E-state index is 0.316. The van der Waals surface area contributed by atoms with E-state index < -0.39 is 0 Å². The lowest BCUT2D eigenvalue weighted by Gasteiger charge is -2.25. The van der Waals surface area contributed by atoms with Crippen LogP contribution in [0.3, 0.4) is 0 Å². The summed E-state index contributed by atoms with van der Waals surface area (Å²) in [6, 6.07) is 59.1. The van der Waals surface area contributed by atoms with Crippen molar-refractivity contribution in [1.29, 1.82) is 0 Å². The Morgan fingerprint density at radius 3 is 1.33 bits per heavy atom. The Balaban J connectivity index is 0.000000175. The van der Waals surface area contributed by atoms with Crippen LogP contribution in [0.25, 0.3) is 16.7 Å². The quantitative estimate of drug-likeness (QED) is 0.0951. The molecular formula is C56H47BrO6. The maximum atomic E-state index is 11.3. The Labute approximate surface area is 377 Å². The molecule has 0 amide bonds. The number of allylic oxidation sites excluding steroid dienone is 2. The normalized spacial score (nSPS) is 12.9. The second-order valence-electron chi connectivity index (χ2n) is 15.4. The molecule has 63 heavy (non-hydrogen) atoms. The van der Waals surface area contributed by atoms with Gasteiger partial charge in [0, 0.05) is 18.3 Å². The first kappa shape index (κ1) is 42.7. The SMILES string of the molecule is CC(=O)Oc1ccc(C2=C(Br)CCc3cc(OCc4ccccc4)ccc32)cc1.CC(=O)Oc1ccc(C2=C(c3ccccc3)CCc3cc(OCc4ccccc4)ccc32)cc1. The summed E-state index contributed by atoms with van der Waals surface area (Å²) in [7, 11) is 0. The van der Waals surface area contributed by atoms with Gasteiger partial charge >= 0.3 is 11.9 Å². The fourth-order valence-electron chi connectivity index (χ4n) is 8.05. The molecule has 0 aromatic heterocycles. The van der Waals surface area contributed by atoms with E-state index in [1.54, 1.807) is 0 Å². The van der Waals surface area contributed by atoms with Crippen LogP contribution in [0.5, 0.6) is 23.0 Å². The summed E-state index contributed by atoms with van der Waals surface area (Å²) in [6.45, 7) is 3.93. The van der Waals surface area contributed by atoms with Gasteiger partial charge in [-0.1, -0.05) is 143 Å². The van der Waals surface area contributed by atoms with Gasteiger partial charge in [0.15, 0.2) is 0 Å². The number of fused-ring (bicyclic) bond motifs is 2. The lowest BCUT2D eigenvalue weighted by molar-refractivity contribution is -0.132. The molecule has 0 radical (unpaired) electrons. The Kier molecular flexibility index (Phi) is 13.7. The molecular weight excluding hydrogens is 849 g/mol. The molecule has 0 spiro atoms. The van der Waals surface area contributed by atoms with E-state index in [1.807, 2.05) is 97.1 Å². The highest BCUT2D eigenvalue weighted by Crippen LogP contribution is 2.43. The number of aryl methyl sites for hydroxylation is 2. The predicted molar refractivity (Wildman–Crippen MR) is 254 cm³/mol. The molecule has 2 aliphatic carbocycles. The van der Waals surface area contributed by atoms with Crippen molar-refractivity contribution in [3.8, 4) is 23.0 Å². The van der Waals surface area contributed by atoms with Crippen molar-refractivity contribution >= 4 is 44.6 Å². The van der Waals surface area contributed by atoms with Gasteiger partial charge in [0.25, 0.3) is 0 Å². The summed E-state index contributed by atoms with van der Waals surface area (Å²) in [5.74, 6) is 2.25. The van der Waals surface area contributed by atoms with Crippen LogP contribution in [0.4, 0.5) is 0 Å². The lowest BCUT2D eigenvalue weighted by atomic mass is 9.79. The maximum Gasteiger partial charge on any atom is 0.308 e. The largest absolute Gasteiger partial charge is 0.489 e. The Bertz CT molecular complexity index is 2760. The van der Waals surface area contributed by atoms with Gasteiger partial charge in [-0.25, -0.2) is 0 Å². The molecule has 0 saturated carbocycles. The third-order valence-electron chi connectivity index (χ3n) is 11.0. The smallest absolute Gasteiger partial charge is 0.308 e. The summed E-state index contributed by atoms with van der Waals surface area (Å²) in [5.41, 5.74) is 14.4.